The monoisotopic (exact) mass is 655 g/mol. The van der Waals surface area contributed by atoms with E-state index in [1.165, 1.54) is 59.2 Å². The molecule has 0 saturated carbocycles. The lowest BCUT2D eigenvalue weighted by Gasteiger charge is -2.13. The van der Waals surface area contributed by atoms with Crippen LogP contribution >= 0.6 is 47.0 Å². The van der Waals surface area contributed by atoms with Crippen molar-refractivity contribution in [3.8, 4) is 5.75 Å². The highest BCUT2D eigenvalue weighted by molar-refractivity contribution is 8.28. The Morgan fingerprint density at radius 2 is 1.19 bits per heavy atom. The van der Waals surface area contributed by atoms with Crippen LogP contribution in [0.5, 0.6) is 5.75 Å². The molecular formula is C27H29NO10S4. The van der Waals surface area contributed by atoms with E-state index in [2.05, 4.69) is 14.8 Å². The van der Waals surface area contributed by atoms with Gasteiger partial charge in [0.05, 0.1) is 27.3 Å². The lowest BCUT2D eigenvalue weighted by atomic mass is 10.2. The molecule has 2 aliphatic rings. The first-order valence-corrected chi connectivity index (χ1v) is 15.8. The number of nitrogens with one attached hydrogen (secondary N) is 1. The smallest absolute Gasteiger partial charge is 0.508 e. The number of anilines is 1. The van der Waals surface area contributed by atoms with Crippen molar-refractivity contribution in [1.29, 1.82) is 0 Å². The van der Waals surface area contributed by atoms with E-state index in [4.69, 9.17) is 9.47 Å². The summed E-state index contributed by atoms with van der Waals surface area (Å²) in [6.45, 7) is 8.41. The van der Waals surface area contributed by atoms with Crippen LogP contribution in [0.4, 0.5) is 10.5 Å². The van der Waals surface area contributed by atoms with Crippen molar-refractivity contribution < 1.29 is 48.0 Å². The summed E-state index contributed by atoms with van der Waals surface area (Å²) in [5.74, 6) is -2.98. The topological polar surface area (TPSA) is 155 Å². The van der Waals surface area contributed by atoms with E-state index in [9.17, 15) is 29.1 Å². The third-order valence-corrected chi connectivity index (χ3v) is 8.57. The van der Waals surface area contributed by atoms with Gasteiger partial charge in [0.1, 0.15) is 11.3 Å². The van der Waals surface area contributed by atoms with E-state index < -0.39 is 36.1 Å². The molecule has 2 N–H and O–H groups in total. The number of thioether (sulfide) groups is 4. The number of amides is 1. The average Bonchev–Trinajstić information content (AvgIpc) is 3.60. The summed E-state index contributed by atoms with van der Waals surface area (Å²) in [4.78, 5) is 59.6. The third kappa shape index (κ3) is 11.5. The first-order chi connectivity index (χ1) is 19.9. The quantitative estimate of drug-likeness (QED) is 0.0810. The molecule has 2 aliphatic heterocycles. The molecule has 1 aromatic rings. The summed E-state index contributed by atoms with van der Waals surface area (Å²) >= 11 is 4.98. The van der Waals surface area contributed by atoms with Crippen LogP contribution in [0.1, 0.15) is 34.6 Å². The van der Waals surface area contributed by atoms with E-state index in [-0.39, 0.29) is 29.6 Å². The molecule has 15 heteroatoms. The second-order valence-corrected chi connectivity index (χ2v) is 12.5. The Morgan fingerprint density at radius 3 is 1.64 bits per heavy atom. The Bertz CT molecular complexity index is 1280. The number of aromatic hydroxyl groups is 1. The Hall–Kier alpha value is -3.27. The van der Waals surface area contributed by atoms with Gasteiger partial charge in [0.25, 0.3) is 5.91 Å². The molecular weight excluding hydrogens is 627 g/mol. The van der Waals surface area contributed by atoms with E-state index >= 15 is 0 Å². The standard InChI is InChI=1S/C15H15NO4S2.C12H14O6S2/c1-9(2)20-14(19)12(15-21-7-8-22-15)13(18)16-10-3-5-11(17)6-4-10;1-4-16-12(15)18-10(14)8(9(13)17-7(2)3)11-19-5-6-20-11/h3-9,17H,1-2H3,(H,16,18);5-7H,4H2,1-3H3. The highest BCUT2D eigenvalue weighted by Gasteiger charge is 2.31. The number of carbonyl (C=O) groups is 5. The van der Waals surface area contributed by atoms with Crippen LogP contribution in [0, 0.1) is 0 Å². The minimum atomic E-state index is -1.14. The number of rotatable bonds is 8. The van der Waals surface area contributed by atoms with Crippen LogP contribution in [0.15, 0.2) is 65.5 Å². The number of hydrogen-bond acceptors (Lipinski definition) is 14. The average molecular weight is 656 g/mol. The van der Waals surface area contributed by atoms with Crippen LogP contribution in [0.3, 0.4) is 0 Å². The number of phenolic OH excluding ortho intramolecular Hbond substituents is 1. The predicted molar refractivity (Wildman–Crippen MR) is 165 cm³/mol. The van der Waals surface area contributed by atoms with Crippen LogP contribution in [-0.4, -0.2) is 53.9 Å². The largest absolute Gasteiger partial charge is 0.516 e. The molecule has 0 spiro atoms. The van der Waals surface area contributed by atoms with E-state index in [0.717, 1.165) is 0 Å². The number of phenols is 1. The van der Waals surface area contributed by atoms with Crippen molar-refractivity contribution in [2.45, 2.75) is 46.8 Å². The molecule has 0 saturated heterocycles. The van der Waals surface area contributed by atoms with E-state index in [0.29, 0.717) is 14.2 Å². The zero-order chi connectivity index (χ0) is 31.2. The molecule has 226 valence electrons. The van der Waals surface area contributed by atoms with Gasteiger partial charge in [0.15, 0.2) is 5.57 Å². The fourth-order valence-electron chi connectivity index (χ4n) is 2.73. The molecule has 0 aromatic heterocycles. The fraction of sp³-hybridized carbons (Fsp3) is 0.296. The van der Waals surface area contributed by atoms with Gasteiger partial charge in [0.2, 0.25) is 0 Å². The maximum Gasteiger partial charge on any atom is 0.516 e. The third-order valence-electron chi connectivity index (χ3n) is 4.31. The molecule has 0 bridgehead atoms. The molecule has 3 rings (SSSR count). The van der Waals surface area contributed by atoms with Crippen molar-refractivity contribution in [3.63, 3.8) is 0 Å². The number of ether oxygens (including phenoxy) is 4. The molecule has 0 radical (unpaired) electrons. The van der Waals surface area contributed by atoms with Crippen LogP contribution in [0.25, 0.3) is 0 Å². The summed E-state index contributed by atoms with van der Waals surface area (Å²) in [6.07, 6.45) is -1.85. The first kappa shape index (κ1) is 34.9. The van der Waals surface area contributed by atoms with Crippen molar-refractivity contribution in [3.05, 3.63) is 65.5 Å². The minimum absolute atomic E-state index is 0.0122. The van der Waals surface area contributed by atoms with Gasteiger partial charge in [0, 0.05) is 5.69 Å². The zero-order valence-corrected chi connectivity index (χ0v) is 26.5. The summed E-state index contributed by atoms with van der Waals surface area (Å²) < 4.78 is 20.1. The molecule has 0 fully saturated rings. The summed E-state index contributed by atoms with van der Waals surface area (Å²) in [7, 11) is 0. The summed E-state index contributed by atoms with van der Waals surface area (Å²) in [5.41, 5.74) is 0.174. The normalized spacial score (nSPS) is 13.3. The Labute approximate surface area is 259 Å². The second-order valence-electron chi connectivity index (χ2n) is 8.32. The van der Waals surface area contributed by atoms with Gasteiger partial charge < -0.3 is 29.4 Å². The lowest BCUT2D eigenvalue weighted by Crippen LogP contribution is -2.25. The SMILES string of the molecule is CC(C)OC(=O)C(C(=O)Nc1ccc(O)cc1)=C1SC=CS1.CCOC(=O)OC(=O)C(C(=O)OC(C)C)=C1SC=CS1. The Balaban J connectivity index is 0.000000295. The molecule has 0 aliphatic carbocycles. The molecule has 1 aromatic carbocycles. The molecule has 1 amide bonds. The maximum absolute atomic E-state index is 12.4. The van der Waals surface area contributed by atoms with Gasteiger partial charge in [-0.2, -0.15) is 0 Å². The lowest BCUT2D eigenvalue weighted by molar-refractivity contribution is -0.148. The van der Waals surface area contributed by atoms with Gasteiger partial charge in [-0.1, -0.05) is 47.0 Å². The highest BCUT2D eigenvalue weighted by Crippen LogP contribution is 2.41. The molecule has 42 heavy (non-hydrogen) atoms. The first-order valence-electron chi connectivity index (χ1n) is 12.3. The summed E-state index contributed by atoms with van der Waals surface area (Å²) in [6, 6.07) is 6.01. The van der Waals surface area contributed by atoms with E-state index in [1.807, 2.05) is 0 Å². The van der Waals surface area contributed by atoms with Crippen LogP contribution in [0.2, 0.25) is 0 Å². The van der Waals surface area contributed by atoms with Crippen molar-refractivity contribution in [1.82, 2.24) is 0 Å². The zero-order valence-electron chi connectivity index (χ0n) is 23.2. The van der Waals surface area contributed by atoms with Gasteiger partial charge in [-0.05, 0) is 80.5 Å². The number of benzene rings is 1. The van der Waals surface area contributed by atoms with Gasteiger partial charge in [-0.15, -0.1) is 0 Å². The number of esters is 3. The number of carbonyl (C=O) groups excluding carboxylic acids is 5. The predicted octanol–water partition coefficient (Wildman–Crippen LogP) is 6.25. The summed E-state index contributed by atoms with van der Waals surface area (Å²) in [5, 5.41) is 18.9. The van der Waals surface area contributed by atoms with Crippen molar-refractivity contribution in [2.24, 2.45) is 0 Å². The Morgan fingerprint density at radius 1 is 0.738 bits per heavy atom. The fourth-order valence-corrected chi connectivity index (χ4v) is 6.38. The van der Waals surface area contributed by atoms with Crippen LogP contribution < -0.4 is 5.32 Å². The molecule has 2 heterocycles. The molecule has 11 nitrogen and oxygen atoms in total. The van der Waals surface area contributed by atoms with Crippen molar-refractivity contribution >= 4 is 82.7 Å². The molecule has 0 atom stereocenters. The second kappa shape index (κ2) is 17.6. The maximum atomic E-state index is 12.4. The van der Waals surface area contributed by atoms with Crippen molar-refractivity contribution in [2.75, 3.05) is 11.9 Å². The molecule has 0 unspecified atom stereocenters. The van der Waals surface area contributed by atoms with Gasteiger partial charge >= 0.3 is 24.1 Å². The van der Waals surface area contributed by atoms with Gasteiger partial charge in [-0.3, -0.25) is 4.79 Å². The number of hydrogen-bond donors (Lipinski definition) is 2. The van der Waals surface area contributed by atoms with Gasteiger partial charge in [-0.25, -0.2) is 19.2 Å². The van der Waals surface area contributed by atoms with Crippen LogP contribution in [-0.2, 0) is 38.1 Å². The van der Waals surface area contributed by atoms with E-state index in [1.54, 1.807) is 68.4 Å². The highest BCUT2D eigenvalue weighted by atomic mass is 32.2. The minimum Gasteiger partial charge on any atom is -0.508 e. The Kier molecular flexibility index (Phi) is 14.7.